The van der Waals surface area contributed by atoms with Crippen LogP contribution in [0.2, 0.25) is 0 Å². The van der Waals surface area contributed by atoms with E-state index in [4.69, 9.17) is 0 Å². The summed E-state index contributed by atoms with van der Waals surface area (Å²) in [5, 5.41) is 9.24. The van der Waals surface area contributed by atoms with Crippen molar-refractivity contribution in [1.29, 1.82) is 0 Å². The van der Waals surface area contributed by atoms with E-state index in [1.807, 2.05) is 29.2 Å². The minimum Gasteiger partial charge on any atom is -0.480 e. The van der Waals surface area contributed by atoms with Crippen LogP contribution in [0.4, 0.5) is 23.7 Å². The minimum absolute atomic E-state index is 0.00137. The first-order valence-corrected chi connectivity index (χ1v) is 12.6. The molecular formula is C27H28F3N3O5. The van der Waals surface area contributed by atoms with E-state index in [-0.39, 0.29) is 41.5 Å². The zero-order chi connectivity index (χ0) is 27.2. The summed E-state index contributed by atoms with van der Waals surface area (Å²) >= 11 is 0. The van der Waals surface area contributed by atoms with Gasteiger partial charge in [-0.15, -0.1) is 13.2 Å². The molecule has 2 aliphatic carbocycles. The van der Waals surface area contributed by atoms with Crippen molar-refractivity contribution in [1.82, 2.24) is 9.80 Å². The monoisotopic (exact) mass is 531 g/mol. The number of para-hydroxylation sites is 1. The maximum atomic E-state index is 13.8. The highest BCUT2D eigenvalue weighted by atomic mass is 19.4. The fourth-order valence-electron chi connectivity index (χ4n) is 5.90. The molecule has 0 bridgehead atoms. The lowest BCUT2D eigenvalue weighted by Gasteiger charge is -2.48. The summed E-state index contributed by atoms with van der Waals surface area (Å²) in [6.45, 7) is -0.414. The number of amides is 3. The first kappa shape index (κ1) is 25.9. The number of aliphatic carboxylic acids is 1. The number of carbonyl (C=O) groups is 3. The van der Waals surface area contributed by atoms with Crippen LogP contribution in [0.5, 0.6) is 5.75 Å². The van der Waals surface area contributed by atoms with Crippen molar-refractivity contribution in [3.05, 3.63) is 59.7 Å². The first-order valence-electron chi connectivity index (χ1n) is 12.6. The quantitative estimate of drug-likeness (QED) is 0.563. The van der Waals surface area contributed by atoms with Crippen LogP contribution in [0.1, 0.15) is 54.1 Å². The molecule has 2 aromatic rings. The number of likely N-dealkylation sites (N-methyl/N-ethyl adjacent to an activating group) is 1. The van der Waals surface area contributed by atoms with E-state index in [9.17, 15) is 32.7 Å². The van der Waals surface area contributed by atoms with Crippen LogP contribution >= 0.6 is 0 Å². The highest BCUT2D eigenvalue weighted by Gasteiger charge is 2.52. The fraction of sp³-hybridized carbons (Fsp3) is 0.444. The van der Waals surface area contributed by atoms with Crippen molar-refractivity contribution in [2.24, 2.45) is 5.92 Å². The van der Waals surface area contributed by atoms with Gasteiger partial charge >= 0.3 is 18.4 Å². The van der Waals surface area contributed by atoms with Crippen LogP contribution in [0.25, 0.3) is 0 Å². The SMILES string of the molecule is CN(CC(=O)O)C(=O)N(C1CC1)[C@H]1c2ccccc2N(C(=O)c2ccc(OC(F)(F)F)cc2)[C@H]2CCC[C@H]21. The Morgan fingerprint density at radius 3 is 2.34 bits per heavy atom. The van der Waals surface area contributed by atoms with Gasteiger partial charge < -0.3 is 24.5 Å². The molecule has 3 amide bonds. The lowest BCUT2D eigenvalue weighted by Crippen LogP contribution is -2.55. The minimum atomic E-state index is -4.83. The molecular weight excluding hydrogens is 503 g/mol. The van der Waals surface area contributed by atoms with Gasteiger partial charge in [0.15, 0.2) is 0 Å². The van der Waals surface area contributed by atoms with Crippen LogP contribution in [0.15, 0.2) is 48.5 Å². The molecule has 11 heteroatoms. The lowest BCUT2D eigenvalue weighted by atomic mass is 9.81. The number of nitrogens with zero attached hydrogens (tertiary/aromatic N) is 3. The second-order valence-electron chi connectivity index (χ2n) is 10.1. The normalized spacial score (nSPS) is 22.3. The number of urea groups is 1. The molecule has 1 aliphatic heterocycles. The van der Waals surface area contributed by atoms with Gasteiger partial charge in [0, 0.05) is 36.3 Å². The second-order valence-corrected chi connectivity index (χ2v) is 10.1. The smallest absolute Gasteiger partial charge is 0.480 e. The molecule has 3 aliphatic rings. The van der Waals surface area contributed by atoms with Gasteiger partial charge in [-0.2, -0.15) is 0 Å². The van der Waals surface area contributed by atoms with Gasteiger partial charge in [-0.1, -0.05) is 24.6 Å². The number of carboxylic acid groups (broad SMARTS) is 1. The summed E-state index contributed by atoms with van der Waals surface area (Å²) in [5.74, 6) is -1.90. The highest BCUT2D eigenvalue weighted by molar-refractivity contribution is 6.07. The number of rotatable bonds is 6. The number of benzene rings is 2. The molecule has 1 N–H and O–H groups in total. The predicted molar refractivity (Wildman–Crippen MR) is 131 cm³/mol. The molecule has 5 rings (SSSR count). The maximum Gasteiger partial charge on any atom is 0.573 e. The molecule has 0 unspecified atom stereocenters. The number of alkyl halides is 3. The number of halogens is 3. The Kier molecular flexibility index (Phi) is 6.70. The number of ether oxygens (including phenoxy) is 1. The third-order valence-electron chi connectivity index (χ3n) is 7.50. The largest absolute Gasteiger partial charge is 0.573 e. The highest BCUT2D eigenvalue weighted by Crippen LogP contribution is 2.53. The number of fused-ring (bicyclic) bond motifs is 2. The summed E-state index contributed by atoms with van der Waals surface area (Å²) in [4.78, 5) is 43.4. The number of carboxylic acids is 1. The number of carbonyl (C=O) groups excluding carboxylic acids is 2. The topological polar surface area (TPSA) is 90.4 Å². The molecule has 3 atom stereocenters. The number of hydrogen-bond donors (Lipinski definition) is 1. The van der Waals surface area contributed by atoms with Crippen molar-refractivity contribution in [3.8, 4) is 5.75 Å². The van der Waals surface area contributed by atoms with E-state index in [2.05, 4.69) is 4.74 Å². The molecule has 0 aromatic heterocycles. The Labute approximate surface area is 217 Å². The van der Waals surface area contributed by atoms with Crippen LogP contribution in [0, 0.1) is 5.92 Å². The number of hydrogen-bond acceptors (Lipinski definition) is 4. The van der Waals surface area contributed by atoms with Crippen molar-refractivity contribution in [2.45, 2.75) is 56.6 Å². The van der Waals surface area contributed by atoms with Gasteiger partial charge in [-0.05, 0) is 61.6 Å². The summed E-state index contributed by atoms with van der Waals surface area (Å²) in [6, 6.07) is 11.4. The van der Waals surface area contributed by atoms with Crippen LogP contribution in [-0.4, -0.2) is 64.9 Å². The van der Waals surface area contributed by atoms with Crippen LogP contribution in [-0.2, 0) is 4.79 Å². The Morgan fingerprint density at radius 2 is 1.71 bits per heavy atom. The zero-order valence-corrected chi connectivity index (χ0v) is 20.7. The van der Waals surface area contributed by atoms with Gasteiger partial charge in [0.05, 0.1) is 6.04 Å². The summed E-state index contributed by atoms with van der Waals surface area (Å²) in [7, 11) is 1.48. The molecule has 2 saturated carbocycles. The third-order valence-corrected chi connectivity index (χ3v) is 7.50. The first-order chi connectivity index (χ1) is 18.0. The average molecular weight is 532 g/mol. The summed E-state index contributed by atoms with van der Waals surface area (Å²) < 4.78 is 41.7. The maximum absolute atomic E-state index is 13.8. The zero-order valence-electron chi connectivity index (χ0n) is 20.7. The van der Waals surface area contributed by atoms with Gasteiger partial charge in [0.2, 0.25) is 0 Å². The molecule has 202 valence electrons. The second kappa shape index (κ2) is 9.85. The molecule has 2 aromatic carbocycles. The molecule has 0 saturated heterocycles. The van der Waals surface area contributed by atoms with Crippen LogP contribution < -0.4 is 9.64 Å². The Morgan fingerprint density at radius 1 is 1.03 bits per heavy atom. The van der Waals surface area contributed by atoms with Gasteiger partial charge in [-0.25, -0.2) is 4.79 Å². The fourth-order valence-corrected chi connectivity index (χ4v) is 5.90. The standard InChI is InChI=1S/C27H28F3N3O5/c1-31(15-23(34)35)26(37)32(17-11-12-17)24-19-5-2-3-7-21(19)33(22-8-4-6-20(22)24)25(36)16-9-13-18(14-10-16)38-27(28,29)30/h2-3,5,7,9-10,13-14,17,20,22,24H,4,6,8,11-12,15H2,1H3,(H,34,35)/t20-,22+,24+/m1/s1. The van der Waals surface area contributed by atoms with E-state index in [1.54, 1.807) is 4.90 Å². The molecule has 38 heavy (non-hydrogen) atoms. The Bertz CT molecular complexity index is 1230. The van der Waals surface area contributed by atoms with Crippen molar-refractivity contribution < 1.29 is 37.4 Å². The lowest BCUT2D eigenvalue weighted by molar-refractivity contribution is -0.274. The summed E-state index contributed by atoms with van der Waals surface area (Å²) in [5.41, 5.74) is 1.69. The van der Waals surface area contributed by atoms with E-state index < -0.39 is 24.6 Å². The Balaban J connectivity index is 1.51. The van der Waals surface area contributed by atoms with Gasteiger partial charge in [0.25, 0.3) is 5.91 Å². The molecule has 1 heterocycles. The van der Waals surface area contributed by atoms with Crippen molar-refractivity contribution in [3.63, 3.8) is 0 Å². The third kappa shape index (κ3) is 5.01. The molecule has 2 fully saturated rings. The molecule has 8 nitrogen and oxygen atoms in total. The Hall–Kier alpha value is -3.76. The molecule has 0 radical (unpaired) electrons. The van der Waals surface area contributed by atoms with Crippen molar-refractivity contribution >= 4 is 23.6 Å². The van der Waals surface area contributed by atoms with E-state index >= 15 is 0 Å². The van der Waals surface area contributed by atoms with E-state index in [0.717, 1.165) is 43.4 Å². The summed E-state index contributed by atoms with van der Waals surface area (Å²) in [6.07, 6.45) is -0.818. The van der Waals surface area contributed by atoms with Crippen molar-refractivity contribution in [2.75, 3.05) is 18.5 Å². The van der Waals surface area contributed by atoms with Crippen LogP contribution in [0.3, 0.4) is 0 Å². The van der Waals surface area contributed by atoms with Gasteiger partial charge in [0.1, 0.15) is 12.3 Å². The van der Waals surface area contributed by atoms with E-state index in [1.165, 1.54) is 24.1 Å². The van der Waals surface area contributed by atoms with Gasteiger partial charge in [-0.3, -0.25) is 9.59 Å². The molecule has 0 spiro atoms. The number of anilines is 1. The van der Waals surface area contributed by atoms with E-state index in [0.29, 0.717) is 12.1 Å². The average Bonchev–Trinajstić information content (AvgIpc) is 3.58. The predicted octanol–water partition coefficient (Wildman–Crippen LogP) is 5.06.